The van der Waals surface area contributed by atoms with Gasteiger partial charge in [-0.15, -0.1) is 0 Å². The molecular formula is C19H18ClN3O3S. The van der Waals surface area contributed by atoms with Gasteiger partial charge in [0.05, 0.1) is 23.7 Å². The van der Waals surface area contributed by atoms with Gasteiger partial charge in [0.2, 0.25) is 10.0 Å². The number of sulfonamides is 1. The highest BCUT2D eigenvalue weighted by Gasteiger charge is 2.31. The Hall–Kier alpha value is -2.35. The molecule has 0 amide bonds. The summed E-state index contributed by atoms with van der Waals surface area (Å²) in [5, 5.41) is 3.57. The number of aromatic amines is 1. The summed E-state index contributed by atoms with van der Waals surface area (Å²) in [6.45, 7) is 0.852. The molecule has 1 aliphatic heterocycles. The second-order valence-electron chi connectivity index (χ2n) is 6.49. The number of halogens is 1. The first-order chi connectivity index (χ1) is 12.9. The number of benzene rings is 2. The molecule has 2 heterocycles. The lowest BCUT2D eigenvalue weighted by Gasteiger charge is -2.25. The Morgan fingerprint density at radius 3 is 2.44 bits per heavy atom. The van der Waals surface area contributed by atoms with Crippen LogP contribution >= 0.6 is 11.6 Å². The van der Waals surface area contributed by atoms with Crippen LogP contribution in [0, 0.1) is 0 Å². The lowest BCUT2D eigenvalue weighted by atomic mass is 10.1. The Morgan fingerprint density at radius 2 is 1.74 bits per heavy atom. The second-order valence-corrected chi connectivity index (χ2v) is 8.86. The molecule has 0 saturated carbocycles. The fourth-order valence-electron chi connectivity index (χ4n) is 3.29. The van der Waals surface area contributed by atoms with Crippen molar-refractivity contribution >= 4 is 21.6 Å². The fourth-order valence-corrected chi connectivity index (χ4v) is 4.83. The van der Waals surface area contributed by atoms with E-state index in [1.54, 1.807) is 16.8 Å². The molecule has 2 aromatic carbocycles. The van der Waals surface area contributed by atoms with Crippen LogP contribution in [-0.2, 0) is 29.5 Å². The number of hydrogen-bond donors (Lipinski definition) is 1. The maximum absolute atomic E-state index is 12.9. The molecule has 4 rings (SSSR count). The highest BCUT2D eigenvalue weighted by molar-refractivity contribution is 7.89. The zero-order valence-electron chi connectivity index (χ0n) is 14.4. The van der Waals surface area contributed by atoms with Crippen LogP contribution in [0.1, 0.15) is 16.8 Å². The maximum atomic E-state index is 12.9. The normalized spacial score (nSPS) is 14.9. The summed E-state index contributed by atoms with van der Waals surface area (Å²) in [7, 11) is -3.64. The van der Waals surface area contributed by atoms with Crippen molar-refractivity contribution in [3.05, 3.63) is 86.8 Å². The fraction of sp³-hybridized carbons (Fsp3) is 0.211. The molecule has 0 unspecified atom stereocenters. The van der Waals surface area contributed by atoms with Crippen LogP contribution in [0.3, 0.4) is 0 Å². The van der Waals surface area contributed by atoms with Crippen LogP contribution < -0.4 is 5.56 Å². The Bertz CT molecular complexity index is 1120. The molecule has 8 heteroatoms. The third-order valence-corrected chi connectivity index (χ3v) is 6.83. The highest BCUT2D eigenvalue weighted by Crippen LogP contribution is 2.24. The number of rotatable bonds is 4. The van der Waals surface area contributed by atoms with Gasteiger partial charge in [-0.1, -0.05) is 41.9 Å². The number of nitrogens with zero attached hydrogens (tertiary/aromatic N) is 2. The molecule has 0 saturated heterocycles. The van der Waals surface area contributed by atoms with E-state index in [1.807, 2.05) is 30.3 Å². The average Bonchev–Trinajstić information content (AvgIpc) is 2.98. The van der Waals surface area contributed by atoms with E-state index < -0.39 is 10.0 Å². The van der Waals surface area contributed by atoms with E-state index in [0.717, 1.165) is 5.56 Å². The van der Waals surface area contributed by atoms with Gasteiger partial charge >= 0.3 is 0 Å². The van der Waals surface area contributed by atoms with Crippen LogP contribution in [0.4, 0.5) is 0 Å². The first-order valence-electron chi connectivity index (χ1n) is 8.55. The molecule has 1 N–H and O–H groups in total. The van der Waals surface area contributed by atoms with Crippen molar-refractivity contribution in [2.75, 3.05) is 6.54 Å². The molecule has 0 fully saturated rings. The molecule has 0 atom stereocenters. The van der Waals surface area contributed by atoms with Crippen LogP contribution in [0.5, 0.6) is 0 Å². The predicted molar refractivity (Wildman–Crippen MR) is 103 cm³/mol. The van der Waals surface area contributed by atoms with Gasteiger partial charge in [-0.2, -0.15) is 4.31 Å². The van der Waals surface area contributed by atoms with Crippen molar-refractivity contribution in [1.82, 2.24) is 14.1 Å². The van der Waals surface area contributed by atoms with E-state index in [0.29, 0.717) is 29.2 Å². The zero-order chi connectivity index (χ0) is 19.0. The third-order valence-electron chi connectivity index (χ3n) is 4.72. The molecule has 1 aliphatic rings. The minimum Gasteiger partial charge on any atom is -0.298 e. The molecule has 27 heavy (non-hydrogen) atoms. The Morgan fingerprint density at radius 1 is 1.04 bits per heavy atom. The van der Waals surface area contributed by atoms with Gasteiger partial charge < -0.3 is 0 Å². The molecule has 0 bridgehead atoms. The van der Waals surface area contributed by atoms with E-state index in [1.165, 1.54) is 16.4 Å². The smallest absolute Gasteiger partial charge is 0.270 e. The van der Waals surface area contributed by atoms with Gasteiger partial charge in [0.15, 0.2) is 0 Å². The summed E-state index contributed by atoms with van der Waals surface area (Å²) < 4.78 is 28.7. The molecule has 0 radical (unpaired) electrons. The summed E-state index contributed by atoms with van der Waals surface area (Å²) in [4.78, 5) is 12.8. The SMILES string of the molecule is O=c1c2c([nH]n1Cc1ccccc1)CN(S(=O)(=O)c1ccc(Cl)cc1)CC2. The number of nitrogens with one attached hydrogen (secondary N) is 1. The summed E-state index contributed by atoms with van der Waals surface area (Å²) in [5.41, 5.74) is 2.23. The molecule has 1 aromatic heterocycles. The second kappa shape index (κ2) is 6.99. The largest absolute Gasteiger partial charge is 0.298 e. The van der Waals surface area contributed by atoms with Crippen molar-refractivity contribution in [2.45, 2.75) is 24.4 Å². The van der Waals surface area contributed by atoms with E-state index in [9.17, 15) is 13.2 Å². The molecule has 6 nitrogen and oxygen atoms in total. The summed E-state index contributed by atoms with van der Waals surface area (Å²) >= 11 is 5.85. The van der Waals surface area contributed by atoms with E-state index in [2.05, 4.69) is 5.10 Å². The summed E-state index contributed by atoms with van der Waals surface area (Å²) in [5.74, 6) is 0. The Kier molecular flexibility index (Phi) is 4.67. The van der Waals surface area contributed by atoms with Crippen LogP contribution in [0.2, 0.25) is 5.02 Å². The van der Waals surface area contributed by atoms with Crippen molar-refractivity contribution in [3.8, 4) is 0 Å². The van der Waals surface area contributed by atoms with Crippen molar-refractivity contribution in [3.63, 3.8) is 0 Å². The van der Waals surface area contributed by atoms with Crippen molar-refractivity contribution < 1.29 is 8.42 Å². The number of aromatic nitrogens is 2. The third kappa shape index (κ3) is 3.45. The number of hydrogen-bond acceptors (Lipinski definition) is 3. The van der Waals surface area contributed by atoms with Gasteiger partial charge in [-0.3, -0.25) is 9.89 Å². The Labute approximate surface area is 162 Å². The van der Waals surface area contributed by atoms with Crippen molar-refractivity contribution in [2.24, 2.45) is 0 Å². The minimum absolute atomic E-state index is 0.0857. The van der Waals surface area contributed by atoms with Gasteiger partial charge in [-0.25, -0.2) is 13.1 Å². The van der Waals surface area contributed by atoms with Gasteiger partial charge in [0.25, 0.3) is 5.56 Å². The minimum atomic E-state index is -3.64. The topological polar surface area (TPSA) is 75.2 Å². The lowest BCUT2D eigenvalue weighted by molar-refractivity contribution is 0.386. The van der Waals surface area contributed by atoms with Crippen molar-refractivity contribution in [1.29, 1.82) is 0 Å². The molecule has 0 spiro atoms. The first kappa shape index (κ1) is 18.0. The van der Waals surface area contributed by atoms with Crippen LogP contribution in [0.25, 0.3) is 0 Å². The van der Waals surface area contributed by atoms with E-state index in [4.69, 9.17) is 11.6 Å². The monoisotopic (exact) mass is 403 g/mol. The Balaban J connectivity index is 1.61. The molecule has 0 aliphatic carbocycles. The van der Waals surface area contributed by atoms with Gasteiger partial charge in [0, 0.05) is 17.1 Å². The average molecular weight is 404 g/mol. The van der Waals surface area contributed by atoms with Crippen LogP contribution in [-0.4, -0.2) is 29.0 Å². The van der Waals surface area contributed by atoms with Crippen LogP contribution in [0.15, 0.2) is 64.3 Å². The lowest BCUT2D eigenvalue weighted by Crippen LogP contribution is -2.37. The molecular weight excluding hydrogens is 386 g/mol. The molecule has 140 valence electrons. The predicted octanol–water partition coefficient (Wildman–Crippen LogP) is 2.63. The zero-order valence-corrected chi connectivity index (χ0v) is 16.0. The first-order valence-corrected chi connectivity index (χ1v) is 10.4. The molecule has 3 aromatic rings. The standard InChI is InChI=1S/C19H18ClN3O3S/c20-15-6-8-16(9-7-15)27(25,26)22-11-10-17-18(13-22)21-23(19(17)24)12-14-4-2-1-3-5-14/h1-9,21H,10-13H2. The van der Waals surface area contributed by atoms with E-state index >= 15 is 0 Å². The maximum Gasteiger partial charge on any atom is 0.270 e. The van der Waals surface area contributed by atoms with Gasteiger partial charge in [-0.05, 0) is 36.2 Å². The highest BCUT2D eigenvalue weighted by atomic mass is 35.5. The quantitative estimate of drug-likeness (QED) is 0.727. The summed E-state index contributed by atoms with van der Waals surface area (Å²) in [6.07, 6.45) is 0.388. The van der Waals surface area contributed by atoms with Gasteiger partial charge in [0.1, 0.15) is 0 Å². The van der Waals surface area contributed by atoms with E-state index in [-0.39, 0.29) is 23.5 Å². The number of fused-ring (bicyclic) bond motifs is 1. The number of H-pyrrole nitrogens is 1. The summed E-state index contributed by atoms with van der Waals surface area (Å²) in [6, 6.07) is 15.8.